The van der Waals surface area contributed by atoms with Gasteiger partial charge < -0.3 is 34.5 Å². The topological polar surface area (TPSA) is 192 Å². The summed E-state index contributed by atoms with van der Waals surface area (Å²) in [5.41, 5.74) is -3.97. The van der Waals surface area contributed by atoms with Gasteiger partial charge in [0.15, 0.2) is 5.60 Å². The second-order valence-electron chi connectivity index (χ2n) is 16.8. The lowest BCUT2D eigenvalue weighted by Gasteiger charge is -2.35. The molecule has 3 fully saturated rings. The number of allylic oxidation sites excluding steroid dienone is 1. The molecule has 0 radical (unpaired) electrons. The molecule has 2 aromatic rings. The molecular formula is C44H70F3N5O10S. The third-order valence-corrected chi connectivity index (χ3v) is 14.1. The van der Waals surface area contributed by atoms with E-state index in [1.54, 1.807) is 26.0 Å². The Kier molecular flexibility index (Phi) is 16.2. The fraction of sp³-hybridized carbons (Fsp3) is 0.659. The van der Waals surface area contributed by atoms with E-state index in [9.17, 15) is 40.8 Å². The first-order valence-corrected chi connectivity index (χ1v) is 23.2. The average molecular weight is 918 g/mol. The zero-order valence-electron chi connectivity index (χ0n) is 38.1. The number of fused-ring (bicyclic) bond motifs is 3. The summed E-state index contributed by atoms with van der Waals surface area (Å²) in [6.45, 7) is 15.3. The summed E-state index contributed by atoms with van der Waals surface area (Å²) < 4.78 is 94.0. The van der Waals surface area contributed by atoms with Crippen molar-refractivity contribution in [3.05, 3.63) is 42.4 Å². The molecule has 2 saturated carbocycles. The Morgan fingerprint density at radius 1 is 1.11 bits per heavy atom. The Bertz CT molecular complexity index is 2150. The Labute approximate surface area is 373 Å². The number of ether oxygens (including phenoxy) is 4. The molecule has 2 aliphatic heterocycles. The number of pyridine rings is 1. The number of methoxy groups -OCH3 is 1. The number of alkyl carbamates (subject to hydrolysis) is 1. The minimum absolute atomic E-state index is 0. The fourth-order valence-corrected chi connectivity index (χ4v) is 8.67. The predicted octanol–water partition coefficient (Wildman–Crippen LogP) is 7.46. The number of carbonyl (C=O) groups excluding carboxylic acids is 4. The highest BCUT2D eigenvalue weighted by Crippen LogP contribution is 2.48. The minimum atomic E-state index is -4.10. The summed E-state index contributed by atoms with van der Waals surface area (Å²) >= 11 is 0. The van der Waals surface area contributed by atoms with Crippen LogP contribution >= 0.6 is 0 Å². The van der Waals surface area contributed by atoms with E-state index >= 15 is 0 Å². The van der Waals surface area contributed by atoms with Crippen molar-refractivity contribution < 1.29 is 64.0 Å². The molecule has 6 rings (SSSR count). The third-order valence-electron chi connectivity index (χ3n) is 12.0. The number of nitrogens with one attached hydrogen (secondary N) is 3. The van der Waals surface area contributed by atoms with Crippen LogP contribution in [0.1, 0.15) is 118 Å². The molecule has 19 heteroatoms. The molecule has 3 heterocycles. The second kappa shape index (κ2) is 20.0. The van der Waals surface area contributed by atoms with Gasteiger partial charge in [-0.1, -0.05) is 46.8 Å². The summed E-state index contributed by atoms with van der Waals surface area (Å²) in [5.74, 6) is -6.95. The maximum Gasteiger partial charge on any atom is 0.408 e. The van der Waals surface area contributed by atoms with Crippen LogP contribution in [0.3, 0.4) is 0 Å². The standard InChI is InChI=1S/C40H52F3N5O10S.2C2H6.3H2/c1-8-29-31(45-36(52)58-37(3,4)39(6,42)43)34(50)48-21-25(57-33-27-17-24(41)13-14-26(27)30(55-7)20-44-33)18-28(48)32(49)46-40(19-23(40)12-10-9-11-22(2)56-29)35(51)47-59(53,54)38(5)15-16-38;2*1-2;;;/h10,12-14,17,20,22-23,25,28-29,31H,8-9,11,15-16,18-19,21H2,1-7H3,(H,45,52)(H,46,49)(H,47,51);2*1-2H3;3*1H/b12-10-;;;;;/t22-,23-,25-,28+,29+,31+,40-;;;;;/m1...../s1. The van der Waals surface area contributed by atoms with Gasteiger partial charge in [0.1, 0.15) is 35.3 Å². The molecule has 1 aromatic carbocycles. The molecule has 0 unspecified atom stereocenters. The fourth-order valence-electron chi connectivity index (χ4n) is 7.36. The van der Waals surface area contributed by atoms with Crippen molar-refractivity contribution in [1.29, 1.82) is 0 Å². The lowest BCUT2D eigenvalue weighted by molar-refractivity contribution is -0.153. The first-order valence-electron chi connectivity index (χ1n) is 21.7. The Hall–Kier alpha value is -4.65. The third kappa shape index (κ3) is 11.2. The normalized spacial score (nSPS) is 27.5. The maximum absolute atomic E-state index is 14.9. The number of benzene rings is 1. The molecule has 3 N–H and O–H groups in total. The van der Waals surface area contributed by atoms with E-state index in [0.29, 0.717) is 43.7 Å². The zero-order chi connectivity index (χ0) is 47.3. The largest absolute Gasteiger partial charge is 0.494 e. The number of halogens is 3. The van der Waals surface area contributed by atoms with Gasteiger partial charge >= 0.3 is 6.09 Å². The quantitative estimate of drug-likeness (QED) is 0.201. The van der Waals surface area contributed by atoms with Crippen LogP contribution in [-0.4, -0.2) is 108 Å². The molecule has 1 saturated heterocycles. The van der Waals surface area contributed by atoms with Crippen LogP contribution in [0.15, 0.2) is 36.5 Å². The van der Waals surface area contributed by atoms with E-state index in [-0.39, 0.29) is 41.4 Å². The average Bonchev–Trinajstić information content (AvgIpc) is 4.11. The van der Waals surface area contributed by atoms with Gasteiger partial charge in [-0.3, -0.25) is 19.1 Å². The molecule has 7 atom stereocenters. The van der Waals surface area contributed by atoms with E-state index in [1.807, 2.05) is 27.7 Å². The van der Waals surface area contributed by atoms with E-state index in [1.165, 1.54) is 38.4 Å². The first-order chi connectivity index (χ1) is 29.5. The maximum atomic E-state index is 14.9. The van der Waals surface area contributed by atoms with Crippen molar-refractivity contribution in [1.82, 2.24) is 25.2 Å². The number of alkyl halides is 2. The van der Waals surface area contributed by atoms with Crippen LogP contribution in [0, 0.1) is 11.7 Å². The predicted molar refractivity (Wildman–Crippen MR) is 237 cm³/mol. The molecule has 1 aromatic heterocycles. The molecule has 15 nitrogen and oxygen atoms in total. The molecule has 358 valence electrons. The van der Waals surface area contributed by atoms with Crippen LogP contribution < -0.4 is 24.8 Å². The molecule has 2 aliphatic carbocycles. The Morgan fingerprint density at radius 3 is 2.38 bits per heavy atom. The number of carbonyl (C=O) groups is 4. The summed E-state index contributed by atoms with van der Waals surface area (Å²) in [5, 5.41) is 5.92. The zero-order valence-corrected chi connectivity index (χ0v) is 38.9. The van der Waals surface area contributed by atoms with Crippen molar-refractivity contribution >= 4 is 44.6 Å². The number of nitrogens with zero attached hydrogens (tertiary/aromatic N) is 2. The van der Waals surface area contributed by atoms with Gasteiger partial charge in [-0.15, -0.1) is 0 Å². The van der Waals surface area contributed by atoms with Crippen molar-refractivity contribution in [2.45, 2.75) is 166 Å². The van der Waals surface area contributed by atoms with E-state index in [2.05, 4.69) is 20.3 Å². The Balaban J connectivity index is 0.00000303. The van der Waals surface area contributed by atoms with Crippen molar-refractivity contribution in [3.63, 3.8) is 0 Å². The lowest BCUT2D eigenvalue weighted by Crippen LogP contribution is -2.61. The Morgan fingerprint density at radius 2 is 1.78 bits per heavy atom. The minimum Gasteiger partial charge on any atom is -0.494 e. The first kappa shape index (κ1) is 51.0. The van der Waals surface area contributed by atoms with Crippen molar-refractivity contribution in [2.75, 3.05) is 13.7 Å². The number of aromatic nitrogens is 1. The highest BCUT2D eigenvalue weighted by Gasteiger charge is 2.63. The summed E-state index contributed by atoms with van der Waals surface area (Å²) in [6.07, 6.45) is 2.66. The number of hydrogen-bond donors (Lipinski definition) is 3. The molecule has 0 spiro atoms. The molecule has 63 heavy (non-hydrogen) atoms. The summed E-state index contributed by atoms with van der Waals surface area (Å²) in [4.78, 5) is 62.2. The smallest absolute Gasteiger partial charge is 0.408 e. The van der Waals surface area contributed by atoms with Crippen LogP contribution in [-0.2, 0) is 33.9 Å². The highest BCUT2D eigenvalue weighted by atomic mass is 32.2. The van der Waals surface area contributed by atoms with Crippen LogP contribution in [0.5, 0.6) is 11.6 Å². The van der Waals surface area contributed by atoms with Crippen molar-refractivity contribution in [3.8, 4) is 11.6 Å². The van der Waals surface area contributed by atoms with Gasteiger partial charge in [-0.25, -0.2) is 31.4 Å². The number of rotatable bonds is 10. The molecule has 4 aliphatic rings. The number of amides is 4. The van der Waals surface area contributed by atoms with Gasteiger partial charge in [-0.05, 0) is 84.4 Å². The summed E-state index contributed by atoms with van der Waals surface area (Å²) in [7, 11) is -2.68. The molecule has 0 bridgehead atoms. The van der Waals surface area contributed by atoms with Gasteiger partial charge in [-0.2, -0.15) is 0 Å². The van der Waals surface area contributed by atoms with E-state index in [4.69, 9.17) is 18.9 Å². The number of sulfonamides is 1. The monoisotopic (exact) mass is 917 g/mol. The van der Waals surface area contributed by atoms with E-state index < -0.39 is 97.8 Å². The van der Waals surface area contributed by atoms with Crippen molar-refractivity contribution in [2.24, 2.45) is 5.92 Å². The summed E-state index contributed by atoms with van der Waals surface area (Å²) in [6, 6.07) is 0.955. The van der Waals surface area contributed by atoms with Gasteiger partial charge in [0.2, 0.25) is 27.7 Å². The molecule has 4 amide bonds. The van der Waals surface area contributed by atoms with Crippen LogP contribution in [0.4, 0.5) is 18.0 Å². The highest BCUT2D eigenvalue weighted by molar-refractivity contribution is 7.91. The number of hydrogen-bond acceptors (Lipinski definition) is 11. The SMILES string of the molecule is CC.CC.CC[C@@H]1O[C@H](C)CC/C=C\[C@@H]2C[C@@]2(C(=O)NS(=O)(=O)C2(C)CC2)NC(=O)[C@@H]2C[C@@H](Oc3ncc(OC)c4ccc(F)cc34)CN2C(=O)[C@H]1NC(=O)OC(C)(C)C(C)(F)F.[HH].[HH].[HH]. The van der Waals surface area contributed by atoms with Crippen LogP contribution in [0.2, 0.25) is 0 Å². The second-order valence-corrected chi connectivity index (χ2v) is 19.0. The van der Waals surface area contributed by atoms with Gasteiger partial charge in [0.25, 0.3) is 11.8 Å². The van der Waals surface area contributed by atoms with Gasteiger partial charge in [0.05, 0.1) is 42.2 Å². The van der Waals surface area contributed by atoms with Crippen LogP contribution in [0.25, 0.3) is 10.8 Å². The van der Waals surface area contributed by atoms with Gasteiger partial charge in [0, 0.05) is 28.9 Å². The van der Waals surface area contributed by atoms with E-state index in [0.717, 1.165) is 18.7 Å². The molecular weight excluding hydrogens is 848 g/mol. The lowest BCUT2D eigenvalue weighted by atomic mass is 10.0.